The van der Waals surface area contributed by atoms with E-state index in [0.717, 1.165) is 0 Å². The second-order valence-electron chi connectivity index (χ2n) is 3.98. The van der Waals surface area contributed by atoms with Crippen LogP contribution in [0.5, 0.6) is 0 Å². The predicted octanol–water partition coefficient (Wildman–Crippen LogP) is 0.718. The molecule has 2 amide bonds. The highest BCUT2D eigenvalue weighted by Crippen LogP contribution is 2.06. The lowest BCUT2D eigenvalue weighted by atomic mass is 10.4. The van der Waals surface area contributed by atoms with Gasteiger partial charge in [-0.2, -0.15) is 0 Å². The van der Waals surface area contributed by atoms with Crippen LogP contribution in [0.2, 0.25) is 0 Å². The van der Waals surface area contributed by atoms with Crippen molar-refractivity contribution in [1.82, 2.24) is 19.6 Å². The minimum atomic E-state index is -0.357. The summed E-state index contributed by atoms with van der Waals surface area (Å²) in [6.07, 6.45) is 4.37. The van der Waals surface area contributed by atoms with Crippen molar-refractivity contribution >= 4 is 17.8 Å². The van der Waals surface area contributed by atoms with Gasteiger partial charge in [0, 0.05) is 25.5 Å². The molecule has 0 radical (unpaired) electrons. The fraction of sp³-hybridized carbons (Fsp3) is 0.273. The molecule has 0 fully saturated rings. The molecule has 0 aliphatic heterocycles. The highest BCUT2D eigenvalue weighted by molar-refractivity contribution is 5.93. The lowest BCUT2D eigenvalue weighted by Gasteiger charge is -2.15. The van der Waals surface area contributed by atoms with Gasteiger partial charge < -0.3 is 14.7 Å². The molecular weight excluding hydrogens is 250 g/mol. The largest absolute Gasteiger partial charge is 0.360 e. The molecular formula is C11H13N5O3. The van der Waals surface area contributed by atoms with Crippen molar-refractivity contribution < 1.29 is 14.1 Å². The molecule has 2 aromatic rings. The van der Waals surface area contributed by atoms with Crippen molar-refractivity contribution in [3.05, 3.63) is 30.5 Å². The number of anilines is 1. The third-order valence-corrected chi connectivity index (χ3v) is 2.33. The number of hydrogen-bond acceptors (Lipinski definition) is 5. The summed E-state index contributed by atoms with van der Waals surface area (Å²) in [7, 11) is 1.52. The minimum Gasteiger partial charge on any atom is -0.360 e. The maximum Gasteiger partial charge on any atom is 0.329 e. The number of amides is 2. The third kappa shape index (κ3) is 3.18. The van der Waals surface area contributed by atoms with Crippen LogP contribution in [0.15, 0.2) is 29.3 Å². The van der Waals surface area contributed by atoms with Gasteiger partial charge in [-0.15, -0.1) is 0 Å². The summed E-state index contributed by atoms with van der Waals surface area (Å²) in [5, 5.41) is 6.16. The minimum absolute atomic E-state index is 0.0943. The molecule has 0 saturated carbocycles. The maximum atomic E-state index is 11.8. The first-order valence-electron chi connectivity index (χ1n) is 5.53. The van der Waals surface area contributed by atoms with Crippen LogP contribution in [0, 0.1) is 6.92 Å². The second kappa shape index (κ2) is 5.34. The lowest BCUT2D eigenvalue weighted by molar-refractivity contribution is -0.116. The van der Waals surface area contributed by atoms with Crippen LogP contribution >= 0.6 is 0 Å². The van der Waals surface area contributed by atoms with Crippen LogP contribution < -0.4 is 5.32 Å². The zero-order valence-electron chi connectivity index (χ0n) is 10.5. The molecule has 2 heterocycles. The summed E-state index contributed by atoms with van der Waals surface area (Å²) in [5.74, 6) is 0.563. The number of carbonyl (C=O) groups excluding carboxylic acids is 2. The number of nitrogens with zero attached hydrogens (tertiary/aromatic N) is 4. The normalized spacial score (nSPS) is 10.2. The Balaban J connectivity index is 1.90. The Kier molecular flexibility index (Phi) is 3.60. The van der Waals surface area contributed by atoms with Gasteiger partial charge in [-0.05, 0) is 6.92 Å². The van der Waals surface area contributed by atoms with Crippen LogP contribution in [-0.2, 0) is 4.79 Å². The summed E-state index contributed by atoms with van der Waals surface area (Å²) < 4.78 is 6.10. The van der Waals surface area contributed by atoms with Crippen LogP contribution in [0.25, 0.3) is 0 Å². The smallest absolute Gasteiger partial charge is 0.329 e. The van der Waals surface area contributed by atoms with Crippen molar-refractivity contribution in [1.29, 1.82) is 0 Å². The molecule has 0 saturated heterocycles. The SMILES string of the molecule is Cc1cc(NC(=O)CN(C)C(=O)n2ccnc2)no1. The number of hydrogen-bond donors (Lipinski definition) is 1. The Morgan fingerprint density at radius 1 is 1.53 bits per heavy atom. The van der Waals surface area contributed by atoms with Gasteiger partial charge in [-0.1, -0.05) is 5.16 Å². The average molecular weight is 263 g/mol. The van der Waals surface area contributed by atoms with E-state index in [4.69, 9.17) is 4.52 Å². The highest BCUT2D eigenvalue weighted by atomic mass is 16.5. The second-order valence-corrected chi connectivity index (χ2v) is 3.98. The molecule has 0 aromatic carbocycles. The molecule has 0 aliphatic carbocycles. The number of carbonyl (C=O) groups is 2. The molecule has 1 N–H and O–H groups in total. The highest BCUT2D eigenvalue weighted by Gasteiger charge is 2.15. The van der Waals surface area contributed by atoms with E-state index in [9.17, 15) is 9.59 Å². The number of aryl methyl sites for hydroxylation is 1. The molecule has 2 aromatic heterocycles. The zero-order chi connectivity index (χ0) is 13.8. The van der Waals surface area contributed by atoms with Crippen LogP contribution in [0.1, 0.15) is 5.76 Å². The number of rotatable bonds is 3. The molecule has 2 rings (SSSR count). The van der Waals surface area contributed by atoms with Gasteiger partial charge in [0.05, 0.1) is 0 Å². The summed E-state index contributed by atoms with van der Waals surface area (Å²) in [4.78, 5) is 28.6. The lowest BCUT2D eigenvalue weighted by Crippen LogP contribution is -2.37. The fourth-order valence-electron chi connectivity index (χ4n) is 1.46. The molecule has 0 aliphatic rings. The van der Waals surface area contributed by atoms with E-state index in [0.29, 0.717) is 11.6 Å². The summed E-state index contributed by atoms with van der Waals surface area (Å²) in [5.41, 5.74) is 0. The average Bonchev–Trinajstić information content (AvgIpc) is 2.99. The van der Waals surface area contributed by atoms with Gasteiger partial charge in [-0.3, -0.25) is 9.36 Å². The fourth-order valence-corrected chi connectivity index (χ4v) is 1.46. The number of nitrogens with one attached hydrogen (secondary N) is 1. The van der Waals surface area contributed by atoms with Crippen molar-refractivity contribution in [3.8, 4) is 0 Å². The molecule has 0 unspecified atom stereocenters. The van der Waals surface area contributed by atoms with E-state index in [-0.39, 0.29) is 18.5 Å². The van der Waals surface area contributed by atoms with E-state index in [1.54, 1.807) is 13.0 Å². The molecule has 0 atom stereocenters. The van der Waals surface area contributed by atoms with Gasteiger partial charge in [0.1, 0.15) is 18.6 Å². The third-order valence-electron chi connectivity index (χ3n) is 2.33. The summed E-state index contributed by atoms with van der Waals surface area (Å²) in [6.45, 7) is 1.63. The Morgan fingerprint density at radius 3 is 2.89 bits per heavy atom. The van der Waals surface area contributed by atoms with Crippen LogP contribution in [-0.4, -0.2) is 45.1 Å². The van der Waals surface area contributed by atoms with Crippen LogP contribution in [0.4, 0.5) is 10.6 Å². The van der Waals surface area contributed by atoms with E-state index in [1.807, 2.05) is 0 Å². The van der Waals surface area contributed by atoms with Gasteiger partial charge in [0.2, 0.25) is 5.91 Å². The van der Waals surface area contributed by atoms with E-state index < -0.39 is 0 Å². The van der Waals surface area contributed by atoms with E-state index in [2.05, 4.69) is 15.5 Å². The van der Waals surface area contributed by atoms with E-state index >= 15 is 0 Å². The topological polar surface area (TPSA) is 93.3 Å². The van der Waals surface area contributed by atoms with Gasteiger partial charge in [-0.25, -0.2) is 9.78 Å². The Morgan fingerprint density at radius 2 is 2.32 bits per heavy atom. The Labute approximate surface area is 109 Å². The molecule has 0 spiro atoms. The standard InChI is InChI=1S/C11H13N5O3/c1-8-5-9(14-19-8)13-10(17)6-15(2)11(18)16-4-3-12-7-16/h3-5,7H,6H2,1-2H3,(H,13,14,17). The van der Waals surface area contributed by atoms with Gasteiger partial charge in [0.15, 0.2) is 5.82 Å². The van der Waals surface area contributed by atoms with Crippen molar-refractivity contribution in [2.45, 2.75) is 6.92 Å². The maximum absolute atomic E-state index is 11.8. The molecule has 100 valence electrons. The molecule has 0 bridgehead atoms. The molecule has 8 heteroatoms. The Hall–Kier alpha value is -2.64. The van der Waals surface area contributed by atoms with E-state index in [1.165, 1.54) is 35.2 Å². The van der Waals surface area contributed by atoms with Gasteiger partial charge >= 0.3 is 6.03 Å². The summed E-state index contributed by atoms with van der Waals surface area (Å²) >= 11 is 0. The first-order valence-corrected chi connectivity index (χ1v) is 5.53. The predicted molar refractivity (Wildman–Crippen MR) is 65.5 cm³/mol. The molecule has 8 nitrogen and oxygen atoms in total. The quantitative estimate of drug-likeness (QED) is 0.880. The first kappa shape index (κ1) is 12.8. The Bertz CT molecular complexity index is 575. The monoisotopic (exact) mass is 263 g/mol. The first-order chi connectivity index (χ1) is 9.06. The van der Waals surface area contributed by atoms with Gasteiger partial charge in [0.25, 0.3) is 0 Å². The van der Waals surface area contributed by atoms with Crippen molar-refractivity contribution in [3.63, 3.8) is 0 Å². The molecule has 19 heavy (non-hydrogen) atoms. The van der Waals surface area contributed by atoms with Crippen molar-refractivity contribution in [2.24, 2.45) is 0 Å². The zero-order valence-corrected chi connectivity index (χ0v) is 10.5. The number of likely N-dealkylation sites (N-methyl/N-ethyl adjacent to an activating group) is 1. The van der Waals surface area contributed by atoms with Crippen LogP contribution in [0.3, 0.4) is 0 Å². The van der Waals surface area contributed by atoms with Crippen molar-refractivity contribution in [2.75, 3.05) is 18.9 Å². The summed E-state index contributed by atoms with van der Waals surface area (Å²) in [6, 6.07) is 1.25. The number of aromatic nitrogens is 3. The number of imidazole rings is 1.